The van der Waals surface area contributed by atoms with Crippen LogP contribution in [-0.4, -0.2) is 32.0 Å². The molecule has 0 atom stereocenters. The van der Waals surface area contributed by atoms with Gasteiger partial charge in [0.25, 0.3) is 0 Å². The minimum absolute atomic E-state index is 0.0937. The van der Waals surface area contributed by atoms with E-state index in [1.54, 1.807) is 25.3 Å². The number of para-hydroxylation sites is 1. The van der Waals surface area contributed by atoms with E-state index < -0.39 is 0 Å². The zero-order valence-electron chi connectivity index (χ0n) is 17.3. The zero-order valence-corrected chi connectivity index (χ0v) is 19.7. The molecule has 0 spiro atoms. The van der Waals surface area contributed by atoms with Gasteiger partial charge in [0, 0.05) is 21.7 Å². The lowest BCUT2D eigenvalue weighted by Crippen LogP contribution is -1.99. The van der Waals surface area contributed by atoms with Gasteiger partial charge in [-0.2, -0.15) is 0 Å². The van der Waals surface area contributed by atoms with Crippen molar-refractivity contribution in [2.24, 2.45) is 0 Å². The molecule has 0 aliphatic rings. The van der Waals surface area contributed by atoms with Crippen LogP contribution < -0.4 is 4.74 Å². The molecule has 0 unspecified atom stereocenters. The molecule has 164 valence electrons. The third-order valence-electron chi connectivity index (χ3n) is 4.89. The third kappa shape index (κ3) is 4.45. The van der Waals surface area contributed by atoms with E-state index in [9.17, 15) is 5.11 Å². The summed E-state index contributed by atoms with van der Waals surface area (Å²) < 4.78 is 8.07. The molecule has 5 aromatic rings. The highest BCUT2D eigenvalue weighted by atomic mass is 35.5. The Bertz CT molecular complexity index is 1400. The predicted octanol–water partition coefficient (Wildman–Crippen LogP) is 6.58. The number of nitrogens with zero attached hydrogens (tertiary/aromatic N) is 4. The van der Waals surface area contributed by atoms with E-state index in [1.165, 1.54) is 23.1 Å². The highest BCUT2D eigenvalue weighted by molar-refractivity contribution is 8.00. The summed E-state index contributed by atoms with van der Waals surface area (Å²) in [5.41, 5.74) is 3.26. The lowest BCUT2D eigenvalue weighted by atomic mass is 10.1. The molecule has 33 heavy (non-hydrogen) atoms. The fourth-order valence-electron chi connectivity index (χ4n) is 3.28. The molecular formula is C24H17ClN4O2S2. The first-order chi connectivity index (χ1) is 16.1. The van der Waals surface area contributed by atoms with Crippen molar-refractivity contribution in [2.75, 3.05) is 7.11 Å². The average molecular weight is 493 g/mol. The van der Waals surface area contributed by atoms with Crippen LogP contribution in [0.25, 0.3) is 28.3 Å². The van der Waals surface area contributed by atoms with Crippen molar-refractivity contribution in [3.63, 3.8) is 0 Å². The minimum Gasteiger partial charge on any atom is -0.507 e. The molecule has 0 amide bonds. The molecule has 2 heterocycles. The number of thiazole rings is 1. The maximum atomic E-state index is 10.5. The van der Waals surface area contributed by atoms with E-state index in [1.807, 2.05) is 64.5 Å². The van der Waals surface area contributed by atoms with Crippen LogP contribution in [0.4, 0.5) is 0 Å². The molecule has 0 saturated heterocycles. The SMILES string of the molecule is COc1ccc(O)c(-c2nnc(Sc3nc(-c4ccc(Cl)cc4)cs3)n2-c2ccccc2)c1. The number of phenolic OH excluding ortho intramolecular Hbond substituents is 1. The molecule has 6 nitrogen and oxygen atoms in total. The smallest absolute Gasteiger partial charge is 0.203 e. The van der Waals surface area contributed by atoms with E-state index in [4.69, 9.17) is 21.3 Å². The van der Waals surface area contributed by atoms with Crippen molar-refractivity contribution in [3.05, 3.63) is 83.2 Å². The van der Waals surface area contributed by atoms with Crippen molar-refractivity contribution in [3.8, 4) is 39.8 Å². The summed E-state index contributed by atoms with van der Waals surface area (Å²) in [4.78, 5) is 4.76. The minimum atomic E-state index is 0.0937. The standard InChI is InChI=1S/C24H17ClN4O2S2/c1-31-18-11-12-21(30)19(13-18)22-27-28-23(29(22)17-5-3-2-4-6-17)33-24-26-20(14-32-24)15-7-9-16(25)10-8-15/h2-14,30H,1H3. The first-order valence-corrected chi connectivity index (χ1v) is 12.0. The molecule has 0 radical (unpaired) electrons. The quantitative estimate of drug-likeness (QED) is 0.289. The van der Waals surface area contributed by atoms with E-state index in [0.29, 0.717) is 27.3 Å². The van der Waals surface area contributed by atoms with Gasteiger partial charge in [-0.25, -0.2) is 4.98 Å². The number of hydrogen-bond donors (Lipinski definition) is 1. The van der Waals surface area contributed by atoms with Crippen LogP contribution in [0.5, 0.6) is 11.5 Å². The number of hydrogen-bond acceptors (Lipinski definition) is 7. The van der Waals surface area contributed by atoms with Gasteiger partial charge in [-0.1, -0.05) is 41.9 Å². The Morgan fingerprint density at radius 1 is 1.00 bits per heavy atom. The van der Waals surface area contributed by atoms with E-state index in [0.717, 1.165) is 21.3 Å². The molecule has 0 aliphatic carbocycles. The summed E-state index contributed by atoms with van der Waals surface area (Å²) in [5.74, 6) is 1.22. The lowest BCUT2D eigenvalue weighted by molar-refractivity contribution is 0.412. The van der Waals surface area contributed by atoms with Gasteiger partial charge in [-0.3, -0.25) is 4.57 Å². The van der Waals surface area contributed by atoms with E-state index in [2.05, 4.69) is 10.2 Å². The number of phenols is 1. The molecule has 0 fully saturated rings. The zero-order chi connectivity index (χ0) is 22.8. The van der Waals surface area contributed by atoms with Gasteiger partial charge in [0.15, 0.2) is 10.2 Å². The van der Waals surface area contributed by atoms with Gasteiger partial charge in [-0.15, -0.1) is 21.5 Å². The van der Waals surface area contributed by atoms with Crippen LogP contribution in [0.2, 0.25) is 5.02 Å². The van der Waals surface area contributed by atoms with Crippen molar-refractivity contribution in [2.45, 2.75) is 9.50 Å². The van der Waals surface area contributed by atoms with Crippen LogP contribution in [0.3, 0.4) is 0 Å². The molecule has 5 rings (SSSR count). The molecule has 0 bridgehead atoms. The first-order valence-electron chi connectivity index (χ1n) is 9.90. The monoisotopic (exact) mass is 492 g/mol. The molecular weight excluding hydrogens is 476 g/mol. The maximum Gasteiger partial charge on any atom is 0.203 e. The van der Waals surface area contributed by atoms with E-state index >= 15 is 0 Å². The average Bonchev–Trinajstić information content (AvgIpc) is 3.48. The number of methoxy groups -OCH3 is 1. The van der Waals surface area contributed by atoms with Crippen LogP contribution in [0.1, 0.15) is 0 Å². The number of aromatic hydroxyl groups is 1. The number of halogens is 1. The van der Waals surface area contributed by atoms with Gasteiger partial charge in [0.2, 0.25) is 5.16 Å². The molecule has 0 aliphatic heterocycles. The Hall–Kier alpha value is -3.33. The van der Waals surface area contributed by atoms with Crippen molar-refractivity contribution in [1.29, 1.82) is 0 Å². The second kappa shape index (κ2) is 9.27. The van der Waals surface area contributed by atoms with Gasteiger partial charge in [0.1, 0.15) is 11.5 Å². The largest absolute Gasteiger partial charge is 0.507 e. The fourth-order valence-corrected chi connectivity index (χ4v) is 5.18. The molecule has 9 heteroatoms. The predicted molar refractivity (Wildman–Crippen MR) is 132 cm³/mol. The highest BCUT2D eigenvalue weighted by Gasteiger charge is 2.21. The summed E-state index contributed by atoms with van der Waals surface area (Å²) in [5, 5.41) is 22.7. The molecule has 2 aromatic heterocycles. The third-order valence-corrected chi connectivity index (χ3v) is 7.03. The first kappa shape index (κ1) is 21.5. The summed E-state index contributed by atoms with van der Waals surface area (Å²) in [6.45, 7) is 0. The van der Waals surface area contributed by atoms with Gasteiger partial charge in [0.05, 0.1) is 18.4 Å². The molecule has 3 aromatic carbocycles. The van der Waals surface area contributed by atoms with Crippen LogP contribution in [-0.2, 0) is 0 Å². The highest BCUT2D eigenvalue weighted by Crippen LogP contribution is 2.38. The van der Waals surface area contributed by atoms with Gasteiger partial charge >= 0.3 is 0 Å². The Morgan fingerprint density at radius 3 is 2.55 bits per heavy atom. The Balaban J connectivity index is 1.56. The Kier molecular flexibility index (Phi) is 6.04. The Labute approximate surface area is 203 Å². The van der Waals surface area contributed by atoms with Gasteiger partial charge < -0.3 is 9.84 Å². The number of rotatable bonds is 6. The fraction of sp³-hybridized carbons (Fsp3) is 0.0417. The number of aromatic nitrogens is 4. The van der Waals surface area contributed by atoms with Crippen LogP contribution >= 0.6 is 34.7 Å². The van der Waals surface area contributed by atoms with E-state index in [-0.39, 0.29) is 5.75 Å². The van der Waals surface area contributed by atoms with Crippen LogP contribution in [0.15, 0.2) is 87.7 Å². The number of ether oxygens (including phenoxy) is 1. The summed E-state index contributed by atoms with van der Waals surface area (Å²) in [6.07, 6.45) is 0. The maximum absolute atomic E-state index is 10.5. The van der Waals surface area contributed by atoms with Crippen molar-refractivity contribution >= 4 is 34.7 Å². The van der Waals surface area contributed by atoms with Gasteiger partial charge in [-0.05, 0) is 54.2 Å². The Morgan fingerprint density at radius 2 is 1.79 bits per heavy atom. The summed E-state index contributed by atoms with van der Waals surface area (Å²) in [6, 6.07) is 22.4. The second-order valence-electron chi connectivity index (χ2n) is 6.97. The lowest BCUT2D eigenvalue weighted by Gasteiger charge is -2.11. The van der Waals surface area contributed by atoms with Crippen LogP contribution in [0, 0.1) is 0 Å². The summed E-state index contributed by atoms with van der Waals surface area (Å²) >= 11 is 8.95. The number of benzene rings is 3. The second-order valence-corrected chi connectivity index (χ2v) is 9.48. The van der Waals surface area contributed by atoms with Crippen molar-refractivity contribution in [1.82, 2.24) is 19.7 Å². The summed E-state index contributed by atoms with van der Waals surface area (Å²) in [7, 11) is 1.58. The molecule has 1 N–H and O–H groups in total. The molecule has 0 saturated carbocycles. The normalized spacial score (nSPS) is 11.0. The van der Waals surface area contributed by atoms with Crippen molar-refractivity contribution < 1.29 is 9.84 Å². The topological polar surface area (TPSA) is 73.1 Å².